The molecule has 0 atom stereocenters. The third kappa shape index (κ3) is 26.6. The fourth-order valence-electron chi connectivity index (χ4n) is 8.44. The zero-order chi connectivity index (χ0) is 73.1. The molecule has 540 valence electrons. The fourth-order valence-corrected chi connectivity index (χ4v) is 8.44. The van der Waals surface area contributed by atoms with E-state index in [2.05, 4.69) is 41.4 Å². The molecule has 7 rings (SSSR count). The maximum Gasteiger partial charge on any atom is 0.434 e. The van der Waals surface area contributed by atoms with Gasteiger partial charge >= 0.3 is 17.9 Å². The van der Waals surface area contributed by atoms with E-state index in [1.54, 1.807) is 24.3 Å². The molecule has 1 fully saturated rings. The van der Waals surface area contributed by atoms with Crippen LogP contribution in [0.2, 0.25) is 0 Å². The van der Waals surface area contributed by atoms with E-state index in [0.717, 1.165) is 34.1 Å². The minimum atomic E-state index is -0.740. The maximum absolute atomic E-state index is 12.5. The Labute approximate surface area is 568 Å². The van der Waals surface area contributed by atoms with Crippen molar-refractivity contribution in [2.24, 2.45) is 19.8 Å². The number of nitrogens with two attached hydrogens (primary N) is 1. The number of nitro groups is 2. The molecular formula is C60H75N15O25. The first-order chi connectivity index (χ1) is 47.9. The second-order valence-electron chi connectivity index (χ2n) is 20.9. The molecule has 40 heteroatoms. The summed E-state index contributed by atoms with van der Waals surface area (Å²) in [4.78, 5) is 174. The maximum atomic E-state index is 12.5. The molecule has 0 spiro atoms. The summed E-state index contributed by atoms with van der Waals surface area (Å²) < 4.78 is 35.1. The lowest BCUT2D eigenvalue weighted by molar-refractivity contribution is -0.396. The molecule has 2 aromatic heterocycles. The summed E-state index contributed by atoms with van der Waals surface area (Å²) in [5, 5.41) is 53.8. The molecule has 0 aliphatic carbocycles. The Balaban J connectivity index is 0.000000288. The van der Waals surface area contributed by atoms with Gasteiger partial charge in [-0.05, 0) is 45.2 Å². The van der Waals surface area contributed by atoms with Crippen LogP contribution < -0.4 is 41.8 Å². The summed E-state index contributed by atoms with van der Waals surface area (Å²) in [5.41, 5.74) is 7.86. The Bertz CT molecular complexity index is 3610. The number of rotatable bonds is 40. The molecule has 2 aromatic carbocycles. The molecule has 40 nitrogen and oxygen atoms in total. The fraction of sp³-hybridized carbons (Fsp3) is 0.433. The van der Waals surface area contributed by atoms with Crippen molar-refractivity contribution in [2.75, 3.05) is 103 Å². The minimum absolute atomic E-state index is 0.00256. The van der Waals surface area contributed by atoms with Crippen LogP contribution in [0.25, 0.3) is 0 Å². The van der Waals surface area contributed by atoms with Crippen molar-refractivity contribution in [1.82, 2.24) is 49.9 Å². The van der Waals surface area contributed by atoms with E-state index < -0.39 is 69.0 Å². The van der Waals surface area contributed by atoms with E-state index in [1.165, 1.54) is 47.8 Å². The molecule has 0 unspecified atom stereocenters. The van der Waals surface area contributed by atoms with Gasteiger partial charge in [0.2, 0.25) is 29.5 Å². The highest BCUT2D eigenvalue weighted by Crippen LogP contribution is 2.29. The van der Waals surface area contributed by atoms with Gasteiger partial charge in [0, 0.05) is 82.6 Å². The lowest BCUT2D eigenvalue weighted by Gasteiger charge is -2.14. The number of hydrogen-bond acceptors (Lipinski definition) is 28. The Morgan fingerprint density at radius 3 is 1.34 bits per heavy atom. The number of ether oxygens (including phenoxy) is 6. The van der Waals surface area contributed by atoms with Gasteiger partial charge in [-0.2, -0.15) is 0 Å². The van der Waals surface area contributed by atoms with E-state index in [9.17, 15) is 88.0 Å². The van der Waals surface area contributed by atoms with Crippen LogP contribution in [0.15, 0.2) is 73.1 Å². The van der Waals surface area contributed by atoms with Crippen LogP contribution in [0.1, 0.15) is 61.0 Å². The zero-order valence-electron chi connectivity index (χ0n) is 54.3. The van der Waals surface area contributed by atoms with Crippen molar-refractivity contribution >= 4 is 94.2 Å². The van der Waals surface area contributed by atoms with Gasteiger partial charge in [0.05, 0.1) is 111 Å². The molecule has 0 saturated carbocycles. The van der Waals surface area contributed by atoms with Crippen molar-refractivity contribution < 1.29 is 111 Å². The number of aliphatic hydroxyl groups is 2. The van der Waals surface area contributed by atoms with Crippen molar-refractivity contribution in [2.45, 2.75) is 65.0 Å². The first kappa shape index (κ1) is 79.4. The molecular weight excluding hydrogens is 1330 g/mol. The standard InChI is InChI=1S/C28H35N7O11.C18H23N3O9.C14H17N5O5/c1-33-20(15-31-28(33)35(42)43)18-46-22-3-2-19(17-36)14-21(22)32-25(39)16-30-24(38)7-10-44-12-13-45-11-8-29-23(37)6-9-34-26(40)4-5-27(34)41;22-13(5-8-20-14(23)1-2-15(20)24)19-7-10-29-12-11-28-9-6-18(27)30-21-16(25)3-4-17(21)26;1-18-10(6-16-14(18)19(22)23)8-24-12-3-2-9(7-20)4-11(12)17-13(21)5-15/h2-5,14-15,36H,6-13,16-18H2,1H3,(H,29,37)(H,30,38)(H,32,39);1-2H,3-12H2,(H,19,22);2-4,6,20H,5,7-8,15H2,1H3,(H,17,21). The lowest BCUT2D eigenvalue weighted by Crippen LogP contribution is -2.35. The molecule has 1 saturated heterocycles. The molecule has 3 aliphatic rings. The van der Waals surface area contributed by atoms with Gasteiger partial charge in [0.15, 0.2) is 11.4 Å². The number of imide groups is 3. The van der Waals surface area contributed by atoms with Gasteiger partial charge in [-0.3, -0.25) is 62.5 Å². The summed E-state index contributed by atoms with van der Waals surface area (Å²) in [7, 11) is 2.98. The molecule has 100 heavy (non-hydrogen) atoms. The number of aromatic nitrogens is 4. The number of nitrogens with one attached hydrogen (secondary N) is 5. The summed E-state index contributed by atoms with van der Waals surface area (Å²) in [5.74, 6) is -5.63. The average Bonchev–Trinajstić information content (AvgIpc) is 1.87. The highest BCUT2D eigenvalue weighted by Gasteiger charge is 2.33. The molecule has 3 aliphatic heterocycles. The van der Waals surface area contributed by atoms with Gasteiger partial charge in [-0.15, -0.1) is 5.06 Å². The molecule has 5 heterocycles. The molecule has 9 N–H and O–H groups in total. The summed E-state index contributed by atoms with van der Waals surface area (Å²) in [6.07, 6.45) is 7.23. The van der Waals surface area contributed by atoms with E-state index in [4.69, 9.17) is 34.2 Å². The summed E-state index contributed by atoms with van der Waals surface area (Å²) in [6, 6.07) is 9.41. The van der Waals surface area contributed by atoms with E-state index in [0.29, 0.717) is 39.0 Å². The molecule has 0 bridgehead atoms. The third-order valence-corrected chi connectivity index (χ3v) is 13.8. The minimum Gasteiger partial charge on any atom is -0.484 e. The first-order valence-electron chi connectivity index (χ1n) is 30.5. The lowest BCUT2D eigenvalue weighted by atomic mass is 10.2. The number of imidazole rings is 2. The first-order valence-corrected chi connectivity index (χ1v) is 30.5. The van der Waals surface area contributed by atoms with Crippen molar-refractivity contribution in [3.8, 4) is 11.5 Å². The second-order valence-corrected chi connectivity index (χ2v) is 20.9. The smallest absolute Gasteiger partial charge is 0.434 e. The van der Waals surface area contributed by atoms with Crippen LogP contribution in [-0.2, 0) is 122 Å². The molecule has 11 amide bonds. The van der Waals surface area contributed by atoms with Crippen LogP contribution in [0.3, 0.4) is 0 Å². The van der Waals surface area contributed by atoms with Crippen molar-refractivity contribution in [3.63, 3.8) is 0 Å². The highest BCUT2D eigenvalue weighted by atomic mass is 16.7. The van der Waals surface area contributed by atoms with Gasteiger partial charge < -0.3 is 96.0 Å². The highest BCUT2D eigenvalue weighted by molar-refractivity contribution is 6.13. The Hall–Kier alpha value is -11.3. The number of hydroxylamine groups is 2. The van der Waals surface area contributed by atoms with Gasteiger partial charge in [0.1, 0.15) is 37.1 Å². The third-order valence-electron chi connectivity index (χ3n) is 13.8. The number of anilines is 2. The number of carbonyl (C=O) groups is 12. The summed E-state index contributed by atoms with van der Waals surface area (Å²) >= 11 is 0. The van der Waals surface area contributed by atoms with Crippen molar-refractivity contribution in [3.05, 3.63) is 116 Å². The topological polar surface area (TPSA) is 528 Å². The Morgan fingerprint density at radius 2 is 0.940 bits per heavy atom. The second kappa shape index (κ2) is 41.7. The number of aliphatic hydroxyl groups excluding tert-OH is 2. The van der Waals surface area contributed by atoms with Crippen LogP contribution in [0.5, 0.6) is 11.5 Å². The van der Waals surface area contributed by atoms with Gasteiger partial charge in [-0.1, -0.05) is 22.1 Å². The largest absolute Gasteiger partial charge is 0.484 e. The molecule has 4 aromatic rings. The normalized spacial score (nSPS) is 13.0. The predicted octanol–water partition coefficient (Wildman–Crippen LogP) is -1.95. The van der Waals surface area contributed by atoms with Gasteiger partial charge in [0.25, 0.3) is 35.4 Å². The quantitative estimate of drug-likeness (QED) is 0.0104. The van der Waals surface area contributed by atoms with Crippen LogP contribution in [0, 0.1) is 20.2 Å². The van der Waals surface area contributed by atoms with Crippen molar-refractivity contribution in [1.29, 1.82) is 0 Å². The monoisotopic (exact) mass is 1410 g/mol. The van der Waals surface area contributed by atoms with E-state index in [1.807, 2.05) is 0 Å². The number of nitrogens with zero attached hydrogens (tertiary/aromatic N) is 9. The number of hydrogen-bond donors (Lipinski definition) is 8. The number of amides is 11. The van der Waals surface area contributed by atoms with Gasteiger partial charge in [-0.25, -0.2) is 13.9 Å². The van der Waals surface area contributed by atoms with Crippen LogP contribution in [0.4, 0.5) is 23.3 Å². The van der Waals surface area contributed by atoms with Crippen LogP contribution in [-0.4, -0.2) is 217 Å². The van der Waals surface area contributed by atoms with Crippen LogP contribution >= 0.6 is 0 Å². The zero-order valence-corrected chi connectivity index (χ0v) is 54.3. The van der Waals surface area contributed by atoms with E-state index >= 15 is 0 Å². The number of carbonyl (C=O) groups excluding carboxylic acids is 12. The van der Waals surface area contributed by atoms with E-state index in [-0.39, 0.29) is 192 Å². The predicted molar refractivity (Wildman–Crippen MR) is 339 cm³/mol. The molecule has 0 radical (unpaired) electrons. The average molecular weight is 1410 g/mol. The summed E-state index contributed by atoms with van der Waals surface area (Å²) in [6.45, 7) is 0.847. The Kier molecular flexibility index (Phi) is 33.1. The SMILES string of the molecule is Cn1c(COc2ccc(CO)cc2NC(=O)CN)cnc1[N+](=O)[O-].Cn1c(COc2ccc(CO)cc2NC(=O)CNC(=O)CCOCCOCCNC(=O)CCN2C(=O)C=CC2=O)cnc1[N+](=O)[O-].O=C(CCN1C(=O)C=CC1=O)NCCOCCOCCC(=O)ON1C(=O)CCC1=O. The Morgan fingerprint density at radius 1 is 0.540 bits per heavy atom. The number of benzene rings is 2.